The Morgan fingerprint density at radius 1 is 1.10 bits per heavy atom. The number of amides is 2. The summed E-state index contributed by atoms with van der Waals surface area (Å²) >= 11 is 0. The van der Waals surface area contributed by atoms with E-state index < -0.39 is 31.9 Å². The van der Waals surface area contributed by atoms with Crippen LogP contribution >= 0.6 is 7.60 Å². The Labute approximate surface area is 175 Å². The number of fused-ring (bicyclic) bond motifs is 1. The van der Waals surface area contributed by atoms with E-state index in [1.54, 1.807) is 6.92 Å². The molecule has 1 atom stereocenters. The largest absolute Gasteiger partial charge is 0.459 e. The number of hydrogen-bond acceptors (Lipinski definition) is 4. The van der Waals surface area contributed by atoms with Crippen molar-refractivity contribution in [3.05, 3.63) is 71.3 Å². The second-order valence-electron chi connectivity index (χ2n) is 7.15. The standard InChI is InChI=1S/C21H25N2O6P/c1-2-22(15-30(26,27)28)21(25)23-13-18-11-7-6-10-17(18)12-19(23)20(24)29-14-16-8-4-3-5-9-16/h3-11,19H,2,12-15H2,1H3,(H2,26,27,28). The van der Waals surface area contributed by atoms with Crippen molar-refractivity contribution in [2.24, 2.45) is 0 Å². The number of esters is 1. The highest BCUT2D eigenvalue weighted by Gasteiger charge is 2.38. The Hall–Kier alpha value is -2.67. The van der Waals surface area contributed by atoms with E-state index in [4.69, 9.17) is 4.74 Å². The number of benzene rings is 2. The van der Waals surface area contributed by atoms with Gasteiger partial charge in [-0.05, 0) is 23.6 Å². The van der Waals surface area contributed by atoms with Gasteiger partial charge in [0.25, 0.3) is 0 Å². The number of urea groups is 1. The van der Waals surface area contributed by atoms with Crippen molar-refractivity contribution >= 4 is 19.6 Å². The summed E-state index contributed by atoms with van der Waals surface area (Å²) in [4.78, 5) is 47.0. The summed E-state index contributed by atoms with van der Waals surface area (Å²) in [5, 5.41) is 0. The predicted molar refractivity (Wildman–Crippen MR) is 110 cm³/mol. The van der Waals surface area contributed by atoms with Crippen LogP contribution in [0, 0.1) is 0 Å². The van der Waals surface area contributed by atoms with Crippen molar-refractivity contribution in [2.45, 2.75) is 32.5 Å². The first-order valence-corrected chi connectivity index (χ1v) is 11.5. The lowest BCUT2D eigenvalue weighted by molar-refractivity contribution is -0.151. The third-order valence-corrected chi connectivity index (χ3v) is 5.71. The summed E-state index contributed by atoms with van der Waals surface area (Å²) < 4.78 is 16.9. The second kappa shape index (κ2) is 9.43. The van der Waals surface area contributed by atoms with E-state index in [9.17, 15) is 23.9 Å². The van der Waals surface area contributed by atoms with E-state index in [0.29, 0.717) is 0 Å². The molecule has 30 heavy (non-hydrogen) atoms. The molecule has 0 radical (unpaired) electrons. The molecule has 0 bridgehead atoms. The highest BCUT2D eigenvalue weighted by molar-refractivity contribution is 7.51. The first kappa shape index (κ1) is 22.0. The molecule has 160 valence electrons. The molecule has 1 heterocycles. The molecule has 2 aromatic rings. The van der Waals surface area contributed by atoms with Crippen molar-refractivity contribution in [3.63, 3.8) is 0 Å². The van der Waals surface area contributed by atoms with Crippen LogP contribution < -0.4 is 0 Å². The van der Waals surface area contributed by atoms with E-state index >= 15 is 0 Å². The van der Waals surface area contributed by atoms with E-state index in [-0.39, 0.29) is 26.1 Å². The smallest absolute Gasteiger partial charge is 0.344 e. The SMILES string of the molecule is CCN(CP(=O)(O)O)C(=O)N1Cc2ccccc2CC1C(=O)OCc1ccccc1. The van der Waals surface area contributed by atoms with Crippen LogP contribution in [-0.2, 0) is 33.7 Å². The van der Waals surface area contributed by atoms with Crippen molar-refractivity contribution < 1.29 is 28.7 Å². The van der Waals surface area contributed by atoms with E-state index in [0.717, 1.165) is 21.6 Å². The Balaban J connectivity index is 1.82. The molecule has 0 saturated heterocycles. The minimum atomic E-state index is -4.44. The number of rotatable bonds is 6. The molecule has 0 aromatic heterocycles. The molecule has 0 aliphatic carbocycles. The molecular weight excluding hydrogens is 407 g/mol. The van der Waals surface area contributed by atoms with Crippen LogP contribution in [0.2, 0.25) is 0 Å². The fraction of sp³-hybridized carbons (Fsp3) is 0.333. The van der Waals surface area contributed by atoms with Gasteiger partial charge in [-0.15, -0.1) is 0 Å². The van der Waals surface area contributed by atoms with Crippen molar-refractivity contribution in [1.29, 1.82) is 0 Å². The van der Waals surface area contributed by atoms with Gasteiger partial charge in [0.2, 0.25) is 0 Å². The first-order chi connectivity index (χ1) is 14.3. The molecule has 8 nitrogen and oxygen atoms in total. The van der Waals surface area contributed by atoms with Crippen LogP contribution in [0.4, 0.5) is 4.79 Å². The quantitative estimate of drug-likeness (QED) is 0.537. The zero-order valence-corrected chi connectivity index (χ0v) is 17.6. The highest BCUT2D eigenvalue weighted by Crippen LogP contribution is 2.36. The number of carbonyl (C=O) groups excluding carboxylic acids is 2. The highest BCUT2D eigenvalue weighted by atomic mass is 31.2. The van der Waals surface area contributed by atoms with E-state index in [1.807, 2.05) is 54.6 Å². The zero-order valence-electron chi connectivity index (χ0n) is 16.7. The van der Waals surface area contributed by atoms with Gasteiger partial charge in [-0.2, -0.15) is 0 Å². The predicted octanol–water partition coefficient (Wildman–Crippen LogP) is 2.73. The summed E-state index contributed by atoms with van der Waals surface area (Å²) in [6.07, 6.45) is -0.421. The molecule has 0 saturated carbocycles. The van der Waals surface area contributed by atoms with Crippen LogP contribution in [0.15, 0.2) is 54.6 Å². The Morgan fingerprint density at radius 3 is 2.37 bits per heavy atom. The van der Waals surface area contributed by atoms with Crippen LogP contribution in [0.25, 0.3) is 0 Å². The molecule has 2 aromatic carbocycles. The average molecular weight is 432 g/mol. The topological polar surface area (TPSA) is 107 Å². The zero-order chi connectivity index (χ0) is 21.7. The molecule has 2 N–H and O–H groups in total. The summed E-state index contributed by atoms with van der Waals surface area (Å²) in [6, 6.07) is 15.3. The van der Waals surface area contributed by atoms with Crippen molar-refractivity contribution in [2.75, 3.05) is 12.8 Å². The van der Waals surface area contributed by atoms with E-state index in [2.05, 4.69) is 0 Å². The lowest BCUT2D eigenvalue weighted by atomic mass is 9.94. The molecule has 1 aliphatic heterocycles. The van der Waals surface area contributed by atoms with Gasteiger partial charge in [-0.25, -0.2) is 9.59 Å². The number of carbonyl (C=O) groups is 2. The number of nitrogens with zero attached hydrogens (tertiary/aromatic N) is 2. The molecule has 0 fully saturated rings. The van der Waals surface area contributed by atoms with Crippen LogP contribution in [-0.4, -0.2) is 50.5 Å². The molecule has 1 unspecified atom stereocenters. The normalized spacial score (nSPS) is 16.0. The van der Waals surface area contributed by atoms with Gasteiger partial charge in [-0.3, -0.25) is 4.57 Å². The van der Waals surface area contributed by atoms with Crippen LogP contribution in [0.3, 0.4) is 0 Å². The molecule has 0 spiro atoms. The summed E-state index contributed by atoms with van der Waals surface area (Å²) in [6.45, 7) is 1.99. The minimum absolute atomic E-state index is 0.0832. The van der Waals surface area contributed by atoms with Gasteiger partial charge in [0, 0.05) is 19.5 Å². The van der Waals surface area contributed by atoms with Crippen LogP contribution in [0.5, 0.6) is 0 Å². The lowest BCUT2D eigenvalue weighted by Crippen LogP contribution is -2.54. The molecule has 1 aliphatic rings. The van der Waals surface area contributed by atoms with Gasteiger partial charge in [0.05, 0.1) is 0 Å². The fourth-order valence-corrected chi connectivity index (χ4v) is 4.23. The minimum Gasteiger partial charge on any atom is -0.459 e. The van der Waals surface area contributed by atoms with E-state index in [1.165, 1.54) is 4.90 Å². The van der Waals surface area contributed by atoms with Gasteiger partial charge in [-0.1, -0.05) is 54.6 Å². The van der Waals surface area contributed by atoms with Gasteiger partial charge >= 0.3 is 19.6 Å². The van der Waals surface area contributed by atoms with Gasteiger partial charge < -0.3 is 24.3 Å². The Bertz CT molecular complexity index is 946. The first-order valence-electron chi connectivity index (χ1n) is 9.66. The number of hydrogen-bond donors (Lipinski definition) is 2. The molecule has 3 rings (SSSR count). The molecular formula is C21H25N2O6P. The Morgan fingerprint density at radius 2 is 1.73 bits per heavy atom. The average Bonchev–Trinajstić information content (AvgIpc) is 2.74. The summed E-state index contributed by atoms with van der Waals surface area (Å²) in [5.74, 6) is -0.547. The van der Waals surface area contributed by atoms with Crippen LogP contribution in [0.1, 0.15) is 23.6 Å². The van der Waals surface area contributed by atoms with Gasteiger partial charge in [0.1, 0.15) is 18.9 Å². The third-order valence-electron chi connectivity index (χ3n) is 5.00. The van der Waals surface area contributed by atoms with Gasteiger partial charge in [0.15, 0.2) is 0 Å². The monoisotopic (exact) mass is 432 g/mol. The summed E-state index contributed by atoms with van der Waals surface area (Å²) in [7, 11) is -4.44. The maximum absolute atomic E-state index is 13.1. The van der Waals surface area contributed by atoms with Crippen molar-refractivity contribution in [3.8, 4) is 0 Å². The molecule has 2 amide bonds. The maximum Gasteiger partial charge on any atom is 0.344 e. The number of ether oxygens (including phenoxy) is 1. The third kappa shape index (κ3) is 5.48. The lowest BCUT2D eigenvalue weighted by Gasteiger charge is -2.38. The van der Waals surface area contributed by atoms with Crippen molar-refractivity contribution in [1.82, 2.24) is 9.80 Å². The Kier molecular flexibility index (Phi) is 6.92. The molecule has 9 heteroatoms. The maximum atomic E-state index is 13.1. The fourth-order valence-electron chi connectivity index (χ4n) is 3.46. The second-order valence-corrected chi connectivity index (χ2v) is 8.77. The summed E-state index contributed by atoms with van der Waals surface area (Å²) in [5.41, 5.74) is 2.67.